The predicted octanol–water partition coefficient (Wildman–Crippen LogP) is 5.99. The van der Waals surface area contributed by atoms with Gasteiger partial charge in [-0.2, -0.15) is 0 Å². The number of ether oxygens (including phenoxy) is 1. The van der Waals surface area contributed by atoms with E-state index in [4.69, 9.17) is 9.72 Å². The summed E-state index contributed by atoms with van der Waals surface area (Å²) in [6.45, 7) is 7.62. The molecule has 4 aromatic rings. The molecule has 1 unspecified atom stereocenters. The fourth-order valence-corrected chi connectivity index (χ4v) is 4.99. The number of carbonyl (C=O) groups excluding carboxylic acids is 2. The summed E-state index contributed by atoms with van der Waals surface area (Å²) in [5.41, 5.74) is 5.12. The maximum absolute atomic E-state index is 12.7. The number of nitrogens with one attached hydrogen (secondary N) is 1. The Morgan fingerprint density at radius 3 is 2.34 bits per heavy atom. The standard InChI is InChI=1S/C31H34N4O3/c1-31(2,3)38-30(37)34-17-16-21(19-34)20-35-27-18-25(29(36)32-4)14-15-26(27)33-28(35)24-12-10-23(11-13-24)22-8-6-5-7-9-22/h5-15,18,21H,16-17,19-20H2,1-4H3,(H,32,36). The molecule has 0 spiro atoms. The molecule has 0 aliphatic carbocycles. The molecule has 1 fully saturated rings. The summed E-state index contributed by atoms with van der Waals surface area (Å²) in [7, 11) is 1.63. The van der Waals surface area contributed by atoms with Gasteiger partial charge in [0.15, 0.2) is 0 Å². The molecule has 7 nitrogen and oxygen atoms in total. The van der Waals surface area contributed by atoms with E-state index in [1.54, 1.807) is 18.0 Å². The summed E-state index contributed by atoms with van der Waals surface area (Å²) in [6, 6.07) is 24.3. The van der Waals surface area contributed by atoms with Crippen LogP contribution in [0.4, 0.5) is 4.79 Å². The monoisotopic (exact) mass is 510 g/mol. The minimum atomic E-state index is -0.523. The van der Waals surface area contributed by atoms with Crippen molar-refractivity contribution in [1.29, 1.82) is 0 Å². The first-order valence-electron chi connectivity index (χ1n) is 13.1. The molecule has 0 saturated carbocycles. The van der Waals surface area contributed by atoms with E-state index in [-0.39, 0.29) is 17.9 Å². The van der Waals surface area contributed by atoms with Crippen molar-refractivity contribution in [3.63, 3.8) is 0 Å². The number of rotatable bonds is 5. The van der Waals surface area contributed by atoms with Crippen LogP contribution in [0.3, 0.4) is 0 Å². The molecule has 1 aromatic heterocycles. The van der Waals surface area contributed by atoms with Gasteiger partial charge in [-0.1, -0.05) is 54.6 Å². The van der Waals surface area contributed by atoms with Gasteiger partial charge in [-0.25, -0.2) is 9.78 Å². The minimum Gasteiger partial charge on any atom is -0.444 e. The van der Waals surface area contributed by atoms with Gasteiger partial charge in [0, 0.05) is 37.8 Å². The smallest absolute Gasteiger partial charge is 0.410 e. The molecule has 2 amide bonds. The highest BCUT2D eigenvalue weighted by Gasteiger charge is 2.31. The fourth-order valence-electron chi connectivity index (χ4n) is 4.99. The molecule has 0 bridgehead atoms. The fraction of sp³-hybridized carbons (Fsp3) is 0.323. The second-order valence-electron chi connectivity index (χ2n) is 10.9. The highest BCUT2D eigenvalue weighted by Crippen LogP contribution is 2.31. The van der Waals surface area contributed by atoms with Gasteiger partial charge in [0.1, 0.15) is 11.4 Å². The van der Waals surface area contributed by atoms with E-state index in [2.05, 4.69) is 46.3 Å². The average Bonchev–Trinajstić information content (AvgIpc) is 3.53. The second-order valence-corrected chi connectivity index (χ2v) is 10.9. The van der Waals surface area contributed by atoms with Crippen LogP contribution in [0.15, 0.2) is 72.8 Å². The van der Waals surface area contributed by atoms with Gasteiger partial charge in [0.2, 0.25) is 0 Å². The van der Waals surface area contributed by atoms with Crippen LogP contribution in [0.1, 0.15) is 37.6 Å². The van der Waals surface area contributed by atoms with E-state index < -0.39 is 5.60 Å². The van der Waals surface area contributed by atoms with Gasteiger partial charge >= 0.3 is 6.09 Å². The van der Waals surface area contributed by atoms with E-state index >= 15 is 0 Å². The van der Waals surface area contributed by atoms with E-state index in [9.17, 15) is 9.59 Å². The van der Waals surface area contributed by atoms with Crippen molar-refractivity contribution in [1.82, 2.24) is 19.8 Å². The van der Waals surface area contributed by atoms with Crippen LogP contribution < -0.4 is 5.32 Å². The number of hydrogen-bond donors (Lipinski definition) is 1. The Hall–Kier alpha value is -4.13. The van der Waals surface area contributed by atoms with Crippen LogP contribution in [0.5, 0.6) is 0 Å². The zero-order valence-electron chi connectivity index (χ0n) is 22.4. The Morgan fingerprint density at radius 2 is 1.66 bits per heavy atom. The van der Waals surface area contributed by atoms with Gasteiger partial charge in [-0.15, -0.1) is 0 Å². The Labute approximate surface area is 223 Å². The molecule has 1 aliphatic rings. The number of aromatic nitrogens is 2. The molecule has 2 heterocycles. The van der Waals surface area contributed by atoms with Crippen LogP contribution in [-0.2, 0) is 11.3 Å². The van der Waals surface area contributed by atoms with Crippen LogP contribution in [0.2, 0.25) is 0 Å². The summed E-state index contributed by atoms with van der Waals surface area (Å²) < 4.78 is 7.79. The van der Waals surface area contributed by atoms with Crippen molar-refractivity contribution in [2.45, 2.75) is 39.3 Å². The van der Waals surface area contributed by atoms with Crippen LogP contribution in [-0.4, -0.2) is 52.2 Å². The van der Waals surface area contributed by atoms with Crippen molar-refractivity contribution >= 4 is 23.0 Å². The number of fused-ring (bicyclic) bond motifs is 1. The SMILES string of the molecule is CNC(=O)c1ccc2nc(-c3ccc(-c4ccccc4)cc3)n(CC3CCN(C(=O)OC(C)(C)C)C3)c2c1. The lowest BCUT2D eigenvalue weighted by Crippen LogP contribution is -2.35. The van der Waals surface area contributed by atoms with Crippen LogP contribution in [0, 0.1) is 5.92 Å². The summed E-state index contributed by atoms with van der Waals surface area (Å²) in [5, 5.41) is 2.71. The Morgan fingerprint density at radius 1 is 0.974 bits per heavy atom. The molecule has 3 aromatic carbocycles. The number of carbonyl (C=O) groups is 2. The first-order valence-corrected chi connectivity index (χ1v) is 13.1. The number of imidazole rings is 1. The summed E-state index contributed by atoms with van der Waals surface area (Å²) in [6.07, 6.45) is 0.606. The molecule has 0 radical (unpaired) electrons. The third-order valence-electron chi connectivity index (χ3n) is 6.87. The summed E-state index contributed by atoms with van der Waals surface area (Å²) in [4.78, 5) is 31.8. The number of hydrogen-bond acceptors (Lipinski definition) is 4. The third kappa shape index (κ3) is 5.42. The van der Waals surface area contributed by atoms with Crippen molar-refractivity contribution in [3.8, 4) is 22.5 Å². The number of amides is 2. The van der Waals surface area contributed by atoms with E-state index in [1.165, 1.54) is 0 Å². The lowest BCUT2D eigenvalue weighted by molar-refractivity contribution is 0.0287. The first kappa shape index (κ1) is 25.5. The van der Waals surface area contributed by atoms with E-state index in [0.29, 0.717) is 25.2 Å². The summed E-state index contributed by atoms with van der Waals surface area (Å²) in [5.74, 6) is 0.959. The van der Waals surface area contributed by atoms with Gasteiger partial charge in [-0.3, -0.25) is 4.79 Å². The van der Waals surface area contributed by atoms with Crippen molar-refractivity contribution in [3.05, 3.63) is 78.4 Å². The second kappa shape index (κ2) is 10.3. The number of nitrogens with zero attached hydrogens (tertiary/aromatic N) is 3. The zero-order valence-corrected chi connectivity index (χ0v) is 22.4. The highest BCUT2D eigenvalue weighted by molar-refractivity contribution is 5.97. The topological polar surface area (TPSA) is 76.5 Å². The molecule has 1 atom stereocenters. The molecule has 196 valence electrons. The number of likely N-dealkylation sites (tertiary alicyclic amines) is 1. The molecule has 7 heteroatoms. The lowest BCUT2D eigenvalue weighted by Gasteiger charge is -2.24. The molecule has 5 rings (SSSR count). The average molecular weight is 511 g/mol. The molecule has 38 heavy (non-hydrogen) atoms. The normalized spacial score (nSPS) is 15.6. The van der Waals surface area contributed by atoms with Gasteiger partial charge in [0.25, 0.3) is 5.91 Å². The number of benzene rings is 3. The van der Waals surface area contributed by atoms with Crippen LogP contribution in [0.25, 0.3) is 33.5 Å². The maximum Gasteiger partial charge on any atom is 0.410 e. The quantitative estimate of drug-likeness (QED) is 0.358. The van der Waals surface area contributed by atoms with Gasteiger partial charge < -0.3 is 19.5 Å². The largest absolute Gasteiger partial charge is 0.444 e. The van der Waals surface area contributed by atoms with Crippen molar-refractivity contribution in [2.24, 2.45) is 5.92 Å². The molecular formula is C31H34N4O3. The first-order chi connectivity index (χ1) is 18.2. The molecule has 1 saturated heterocycles. The minimum absolute atomic E-state index is 0.134. The van der Waals surface area contributed by atoms with Crippen molar-refractivity contribution < 1.29 is 14.3 Å². The van der Waals surface area contributed by atoms with Crippen LogP contribution >= 0.6 is 0 Å². The Balaban J connectivity index is 1.48. The summed E-state index contributed by atoms with van der Waals surface area (Å²) >= 11 is 0. The van der Waals surface area contributed by atoms with E-state index in [1.807, 2.05) is 51.1 Å². The van der Waals surface area contributed by atoms with Gasteiger partial charge in [0.05, 0.1) is 11.0 Å². The van der Waals surface area contributed by atoms with Crippen molar-refractivity contribution in [2.75, 3.05) is 20.1 Å². The lowest BCUT2D eigenvalue weighted by atomic mass is 10.0. The predicted molar refractivity (Wildman–Crippen MR) is 150 cm³/mol. The van der Waals surface area contributed by atoms with Gasteiger partial charge in [-0.05, 0) is 62.4 Å². The third-order valence-corrected chi connectivity index (χ3v) is 6.87. The Bertz CT molecular complexity index is 1450. The molecular weight excluding hydrogens is 476 g/mol. The maximum atomic E-state index is 12.7. The Kier molecular flexibility index (Phi) is 6.93. The molecule has 1 aliphatic heterocycles. The highest BCUT2D eigenvalue weighted by atomic mass is 16.6. The van der Waals surface area contributed by atoms with E-state index in [0.717, 1.165) is 40.0 Å². The molecule has 1 N–H and O–H groups in total. The zero-order chi connectivity index (χ0) is 26.9.